The molecule has 0 aliphatic heterocycles. The van der Waals surface area contributed by atoms with Crippen LogP contribution < -0.4 is 0 Å². The van der Waals surface area contributed by atoms with E-state index in [1.165, 1.54) is 0 Å². The quantitative estimate of drug-likeness (QED) is 0.680. The zero-order valence-corrected chi connectivity index (χ0v) is 12.1. The lowest BCUT2D eigenvalue weighted by Crippen LogP contribution is -2.27. The van der Waals surface area contributed by atoms with Crippen LogP contribution in [-0.4, -0.2) is 52.4 Å². The van der Waals surface area contributed by atoms with Gasteiger partial charge in [-0.25, -0.2) is 18.7 Å². The highest BCUT2D eigenvalue weighted by atomic mass is 35.5. The van der Waals surface area contributed by atoms with Gasteiger partial charge in [0.15, 0.2) is 5.65 Å². The molecule has 0 aliphatic carbocycles. The summed E-state index contributed by atoms with van der Waals surface area (Å²) in [6.07, 6.45) is -2.89. The van der Waals surface area contributed by atoms with Crippen LogP contribution in [0.3, 0.4) is 0 Å². The Morgan fingerprint density at radius 2 is 1.86 bits per heavy atom. The molecule has 21 heavy (non-hydrogen) atoms. The maximum Gasteiger partial charge on any atom is 0.367 e. The fourth-order valence-electron chi connectivity index (χ4n) is 1.24. The Hall–Kier alpha value is -1.61. The van der Waals surface area contributed by atoms with Crippen LogP contribution in [0.1, 0.15) is 5.82 Å². The van der Waals surface area contributed by atoms with Gasteiger partial charge in [-0.05, 0) is 27.2 Å². The zero-order chi connectivity index (χ0) is 16.4. The fourth-order valence-corrected chi connectivity index (χ4v) is 1.39. The van der Waals surface area contributed by atoms with E-state index in [0.717, 1.165) is 12.3 Å². The summed E-state index contributed by atoms with van der Waals surface area (Å²) in [5, 5.41) is 9.40. The number of halogens is 5. The third-order valence-electron chi connectivity index (χ3n) is 2.03. The van der Waals surface area contributed by atoms with Crippen LogP contribution in [-0.2, 0) is 5.92 Å². The summed E-state index contributed by atoms with van der Waals surface area (Å²) in [7, 11) is 6.00. The molecule has 0 spiro atoms. The fraction of sp³-hybridized carbons (Fsp3) is 0.455. The first-order valence-corrected chi connectivity index (χ1v) is 5.95. The van der Waals surface area contributed by atoms with Crippen molar-refractivity contribution in [1.82, 2.24) is 19.6 Å². The minimum absolute atomic E-state index is 0.0552. The van der Waals surface area contributed by atoms with Gasteiger partial charge in [-0.3, -0.25) is 0 Å². The molecule has 2 aromatic heterocycles. The molecule has 2 aromatic rings. The molecule has 0 radical (unpaired) electrons. The first-order chi connectivity index (χ1) is 9.57. The summed E-state index contributed by atoms with van der Waals surface area (Å²) >= 11 is 5.53. The molecule has 0 amide bonds. The highest BCUT2D eigenvalue weighted by Gasteiger charge is 2.48. The number of pyridine rings is 1. The number of alkyl halides is 4. The molecule has 1 N–H and O–H groups in total. The number of nitrogens with zero attached hydrogens (tertiary/aromatic N) is 4. The summed E-state index contributed by atoms with van der Waals surface area (Å²) in [6, 6.07) is 1.09. The van der Waals surface area contributed by atoms with E-state index in [0.29, 0.717) is 0 Å². The minimum atomic E-state index is -4.57. The third-order valence-corrected chi connectivity index (χ3v) is 2.23. The molecule has 0 atom stereocenters. The molecule has 2 rings (SSSR count). The number of hydrogen-bond donors (Lipinski definition) is 1. The molecule has 0 aliphatic rings. The van der Waals surface area contributed by atoms with Gasteiger partial charge in [-0.2, -0.15) is 13.5 Å². The van der Waals surface area contributed by atoms with Crippen LogP contribution in [0.15, 0.2) is 12.3 Å². The normalized spacial score (nSPS) is 11.9. The first kappa shape index (κ1) is 17.4. The first-order valence-electron chi connectivity index (χ1n) is 5.58. The van der Waals surface area contributed by atoms with Gasteiger partial charge in [-0.15, -0.1) is 0 Å². The maximum atomic E-state index is 13.0. The van der Waals surface area contributed by atoms with E-state index in [9.17, 15) is 22.8 Å². The van der Waals surface area contributed by atoms with Crippen molar-refractivity contribution in [2.45, 2.75) is 12.3 Å². The van der Waals surface area contributed by atoms with Crippen LogP contribution in [0.5, 0.6) is 0 Å². The molecule has 5 nitrogen and oxygen atoms in total. The van der Waals surface area contributed by atoms with Crippen molar-refractivity contribution in [3.8, 4) is 0 Å². The number of imidazole rings is 1. The lowest BCUT2D eigenvalue weighted by atomic mass is 10.3. The Morgan fingerprint density at radius 1 is 1.33 bits per heavy atom. The van der Waals surface area contributed by atoms with E-state index in [2.05, 4.69) is 9.97 Å². The van der Waals surface area contributed by atoms with Crippen LogP contribution in [0, 0.1) is 0 Å². The van der Waals surface area contributed by atoms with E-state index >= 15 is 0 Å². The van der Waals surface area contributed by atoms with Gasteiger partial charge in [-0.1, -0.05) is 11.6 Å². The summed E-state index contributed by atoms with van der Waals surface area (Å²) in [4.78, 5) is 8.69. The second-order valence-corrected chi connectivity index (χ2v) is 4.95. The highest BCUT2D eigenvalue weighted by Crippen LogP contribution is 2.34. The van der Waals surface area contributed by atoms with Crippen LogP contribution in [0.4, 0.5) is 17.6 Å². The molecular formula is C11H13ClF4N4O. The summed E-state index contributed by atoms with van der Waals surface area (Å²) in [6.45, 7) is 0. The molecule has 0 fully saturated rings. The van der Waals surface area contributed by atoms with Gasteiger partial charge in [0.1, 0.15) is 5.52 Å². The number of hydrogen-bond acceptors (Lipinski definition) is 4. The van der Waals surface area contributed by atoms with Crippen molar-refractivity contribution in [2.24, 2.45) is 0 Å². The SMILES string of the molecule is CN(C)C.On1c(C(F)(F)C(F)F)nc2ncc(Cl)cc21. The van der Waals surface area contributed by atoms with Crippen molar-refractivity contribution in [2.75, 3.05) is 21.1 Å². The van der Waals surface area contributed by atoms with E-state index in [-0.39, 0.29) is 20.9 Å². The van der Waals surface area contributed by atoms with Gasteiger partial charge < -0.3 is 10.1 Å². The largest absolute Gasteiger partial charge is 0.426 e. The number of fused-ring (bicyclic) bond motifs is 1. The van der Waals surface area contributed by atoms with Crippen LogP contribution >= 0.6 is 11.6 Å². The predicted molar refractivity (Wildman–Crippen MR) is 69.2 cm³/mol. The lowest BCUT2D eigenvalue weighted by Gasteiger charge is -2.13. The van der Waals surface area contributed by atoms with E-state index < -0.39 is 18.2 Å². The second-order valence-electron chi connectivity index (χ2n) is 4.51. The molecular weight excluding hydrogens is 316 g/mol. The monoisotopic (exact) mass is 328 g/mol. The van der Waals surface area contributed by atoms with Crippen molar-refractivity contribution >= 4 is 22.8 Å². The Bertz CT molecular complexity index is 615. The van der Waals surface area contributed by atoms with Gasteiger partial charge in [0, 0.05) is 6.20 Å². The van der Waals surface area contributed by atoms with E-state index in [1.807, 2.05) is 26.0 Å². The Morgan fingerprint density at radius 3 is 2.33 bits per heavy atom. The molecule has 0 bridgehead atoms. The Labute approximate surface area is 122 Å². The summed E-state index contributed by atoms with van der Waals surface area (Å²) in [5.74, 6) is -6.04. The van der Waals surface area contributed by atoms with Crippen molar-refractivity contribution in [3.63, 3.8) is 0 Å². The number of rotatable bonds is 2. The smallest absolute Gasteiger partial charge is 0.367 e. The standard InChI is InChI=1S/C8H4ClF4N3O.C3H9N/c9-3-1-4-5(14-2-3)15-7(16(4)17)8(12,13)6(10)11;1-4(2)3/h1-2,6,17H;1-3H3. The van der Waals surface area contributed by atoms with Crippen molar-refractivity contribution in [1.29, 1.82) is 0 Å². The molecule has 0 aromatic carbocycles. The van der Waals surface area contributed by atoms with Crippen molar-refractivity contribution in [3.05, 3.63) is 23.1 Å². The van der Waals surface area contributed by atoms with Crippen molar-refractivity contribution < 1.29 is 22.8 Å². The summed E-state index contributed by atoms with van der Waals surface area (Å²) < 4.78 is 50.2. The maximum absolute atomic E-state index is 13.0. The molecule has 2 heterocycles. The zero-order valence-electron chi connectivity index (χ0n) is 11.4. The van der Waals surface area contributed by atoms with Gasteiger partial charge in [0.05, 0.1) is 5.02 Å². The van der Waals surface area contributed by atoms with Gasteiger partial charge in [0.25, 0.3) is 0 Å². The Kier molecular flexibility index (Phi) is 5.35. The molecule has 0 saturated carbocycles. The molecule has 10 heteroatoms. The second kappa shape index (κ2) is 6.44. The topological polar surface area (TPSA) is 54.2 Å². The number of aromatic nitrogens is 3. The Balaban J connectivity index is 0.000000491. The van der Waals surface area contributed by atoms with E-state index in [4.69, 9.17) is 11.6 Å². The van der Waals surface area contributed by atoms with Gasteiger partial charge in [0.2, 0.25) is 5.82 Å². The average Bonchev–Trinajstić information content (AvgIpc) is 2.66. The van der Waals surface area contributed by atoms with Crippen LogP contribution in [0.2, 0.25) is 5.02 Å². The average molecular weight is 329 g/mol. The predicted octanol–water partition coefficient (Wildman–Crippen LogP) is 2.86. The van der Waals surface area contributed by atoms with E-state index in [1.54, 1.807) is 0 Å². The summed E-state index contributed by atoms with van der Waals surface area (Å²) in [5.41, 5.74) is -0.569. The minimum Gasteiger partial charge on any atom is -0.426 e. The van der Waals surface area contributed by atoms with Gasteiger partial charge >= 0.3 is 12.3 Å². The molecule has 0 unspecified atom stereocenters. The lowest BCUT2D eigenvalue weighted by molar-refractivity contribution is -0.148. The molecule has 0 saturated heterocycles. The van der Waals surface area contributed by atoms with Crippen LogP contribution in [0.25, 0.3) is 11.2 Å². The highest BCUT2D eigenvalue weighted by molar-refractivity contribution is 6.31. The third kappa shape index (κ3) is 3.94. The molecule has 118 valence electrons.